The normalized spacial score (nSPS) is 19.3. The van der Waals surface area contributed by atoms with Gasteiger partial charge in [-0.05, 0) is 31.2 Å². The zero-order chi connectivity index (χ0) is 22.1. The molecule has 1 saturated heterocycles. The molecule has 5 rings (SSSR count). The number of carbonyl (C=O) groups excluding carboxylic acids is 2. The van der Waals surface area contributed by atoms with Crippen molar-refractivity contribution in [2.45, 2.75) is 18.6 Å². The van der Waals surface area contributed by atoms with Crippen LogP contribution in [0.25, 0.3) is 0 Å². The number of imidazole rings is 1. The van der Waals surface area contributed by atoms with Crippen LogP contribution in [0.3, 0.4) is 0 Å². The molecule has 164 valence electrons. The van der Waals surface area contributed by atoms with Crippen LogP contribution in [0.15, 0.2) is 67.3 Å². The minimum absolute atomic E-state index is 0.0328. The van der Waals surface area contributed by atoms with Gasteiger partial charge in [0.05, 0.1) is 12.9 Å². The van der Waals surface area contributed by atoms with E-state index in [2.05, 4.69) is 10.3 Å². The van der Waals surface area contributed by atoms with E-state index in [1.165, 1.54) is 0 Å². The number of halogens is 1. The van der Waals surface area contributed by atoms with E-state index in [0.717, 1.165) is 24.1 Å². The van der Waals surface area contributed by atoms with Gasteiger partial charge in [0.2, 0.25) is 5.91 Å². The van der Waals surface area contributed by atoms with Gasteiger partial charge in [0.1, 0.15) is 0 Å². The van der Waals surface area contributed by atoms with E-state index in [4.69, 9.17) is 11.6 Å². The molecule has 1 atom stereocenters. The third-order valence-electron chi connectivity index (χ3n) is 6.26. The molecule has 32 heavy (non-hydrogen) atoms. The molecule has 0 saturated carbocycles. The molecule has 1 unspecified atom stereocenters. The lowest BCUT2D eigenvalue weighted by Gasteiger charge is -2.40. The predicted molar refractivity (Wildman–Crippen MR) is 121 cm³/mol. The highest BCUT2D eigenvalue weighted by atomic mass is 35.5. The molecule has 0 radical (unpaired) electrons. The van der Waals surface area contributed by atoms with Gasteiger partial charge in [0, 0.05) is 53.7 Å². The number of aromatic nitrogens is 2. The molecular weight excluding hydrogens is 426 g/mol. The maximum Gasteiger partial charge on any atom is 0.256 e. The van der Waals surface area contributed by atoms with Gasteiger partial charge >= 0.3 is 0 Å². The quantitative estimate of drug-likeness (QED) is 0.563. The first-order valence-electron chi connectivity index (χ1n) is 10.8. The third-order valence-corrected chi connectivity index (χ3v) is 6.51. The van der Waals surface area contributed by atoms with Crippen molar-refractivity contribution in [3.8, 4) is 0 Å². The van der Waals surface area contributed by atoms with Crippen molar-refractivity contribution >= 4 is 23.4 Å². The lowest BCUT2D eigenvalue weighted by Crippen LogP contribution is -2.53. The number of amides is 2. The molecule has 0 aliphatic carbocycles. The van der Waals surface area contributed by atoms with Gasteiger partial charge in [0.15, 0.2) is 5.66 Å². The Morgan fingerprint density at radius 3 is 2.72 bits per heavy atom. The van der Waals surface area contributed by atoms with E-state index in [0.29, 0.717) is 30.2 Å². The Kier molecular flexibility index (Phi) is 5.45. The minimum Gasteiger partial charge on any atom is -0.337 e. The maximum absolute atomic E-state index is 13.4. The summed E-state index contributed by atoms with van der Waals surface area (Å²) < 4.78 is 2.01. The standard InChI is InChI=1S/C24H24ClN5O2/c25-19-8-6-18(7-9-19)24-21-5-2-1-4-20(21)23(32)30(24)15-14-29(24)22(31)16-26-10-3-12-28-13-11-27-17-28/h1-2,4-9,11,13,17,26H,3,10,12,14-16H2. The summed E-state index contributed by atoms with van der Waals surface area (Å²) in [7, 11) is 0. The lowest BCUT2D eigenvalue weighted by atomic mass is 9.90. The highest BCUT2D eigenvalue weighted by Crippen LogP contribution is 2.49. The molecule has 8 heteroatoms. The van der Waals surface area contributed by atoms with Gasteiger partial charge in [-0.2, -0.15) is 0 Å². The number of nitrogens with zero attached hydrogens (tertiary/aromatic N) is 4. The van der Waals surface area contributed by atoms with Crippen LogP contribution in [-0.2, 0) is 17.0 Å². The number of aryl methyl sites for hydroxylation is 1. The first-order chi connectivity index (χ1) is 15.6. The third kappa shape index (κ3) is 3.29. The molecule has 1 aromatic heterocycles. The molecule has 7 nitrogen and oxygen atoms in total. The zero-order valence-electron chi connectivity index (χ0n) is 17.6. The van der Waals surface area contributed by atoms with E-state index in [1.54, 1.807) is 12.5 Å². The summed E-state index contributed by atoms with van der Waals surface area (Å²) in [5, 5.41) is 3.88. The Labute approximate surface area is 191 Å². The Morgan fingerprint density at radius 1 is 1.12 bits per heavy atom. The topological polar surface area (TPSA) is 70.5 Å². The summed E-state index contributed by atoms with van der Waals surface area (Å²) in [4.78, 5) is 34.4. The van der Waals surface area contributed by atoms with Crippen LogP contribution >= 0.6 is 11.6 Å². The first-order valence-corrected chi connectivity index (χ1v) is 11.1. The van der Waals surface area contributed by atoms with Crippen LogP contribution in [0.4, 0.5) is 0 Å². The average Bonchev–Trinajstić information content (AvgIpc) is 3.51. The highest BCUT2D eigenvalue weighted by molar-refractivity contribution is 6.30. The van der Waals surface area contributed by atoms with Crippen molar-refractivity contribution in [3.05, 3.63) is 89.0 Å². The van der Waals surface area contributed by atoms with Crippen molar-refractivity contribution in [1.29, 1.82) is 0 Å². The highest BCUT2D eigenvalue weighted by Gasteiger charge is 2.59. The Hall–Kier alpha value is -3.16. The van der Waals surface area contributed by atoms with E-state index in [9.17, 15) is 9.59 Å². The minimum atomic E-state index is -0.937. The van der Waals surface area contributed by atoms with Crippen molar-refractivity contribution in [2.24, 2.45) is 0 Å². The molecule has 3 aromatic rings. The number of fused-ring (bicyclic) bond motifs is 3. The van der Waals surface area contributed by atoms with Gasteiger partial charge in [-0.15, -0.1) is 0 Å². The molecule has 2 aromatic carbocycles. The van der Waals surface area contributed by atoms with E-state index in [1.807, 2.05) is 69.1 Å². The monoisotopic (exact) mass is 449 g/mol. The largest absolute Gasteiger partial charge is 0.337 e. The second-order valence-corrected chi connectivity index (χ2v) is 8.49. The van der Waals surface area contributed by atoms with E-state index >= 15 is 0 Å². The number of benzene rings is 2. The van der Waals surface area contributed by atoms with Crippen molar-refractivity contribution in [2.75, 3.05) is 26.2 Å². The second kappa shape index (κ2) is 8.41. The summed E-state index contributed by atoms with van der Waals surface area (Å²) in [5.74, 6) is -0.0753. The molecule has 3 heterocycles. The van der Waals surface area contributed by atoms with Crippen molar-refractivity contribution in [1.82, 2.24) is 24.7 Å². The SMILES string of the molecule is O=C(CNCCCn1ccnc1)N1CCN2C(=O)c3ccccc3C12c1ccc(Cl)cc1. The number of hydrogen-bond acceptors (Lipinski definition) is 4. The fraction of sp³-hybridized carbons (Fsp3) is 0.292. The van der Waals surface area contributed by atoms with E-state index < -0.39 is 5.66 Å². The average molecular weight is 450 g/mol. The number of nitrogens with one attached hydrogen (secondary N) is 1. The van der Waals surface area contributed by atoms with Crippen molar-refractivity contribution < 1.29 is 9.59 Å². The summed E-state index contributed by atoms with van der Waals surface area (Å²) in [6, 6.07) is 15.0. The van der Waals surface area contributed by atoms with Crippen LogP contribution in [0.2, 0.25) is 5.02 Å². The van der Waals surface area contributed by atoms with Gasteiger partial charge in [0.25, 0.3) is 5.91 Å². The molecule has 0 spiro atoms. The summed E-state index contributed by atoms with van der Waals surface area (Å²) in [5.41, 5.74) is 1.42. The molecule has 2 aliphatic heterocycles. The summed E-state index contributed by atoms with van der Waals surface area (Å²) >= 11 is 6.15. The van der Waals surface area contributed by atoms with Crippen LogP contribution in [0.1, 0.15) is 27.9 Å². The Morgan fingerprint density at radius 2 is 1.94 bits per heavy atom. The molecule has 1 fully saturated rings. The van der Waals surface area contributed by atoms with E-state index in [-0.39, 0.29) is 18.4 Å². The molecule has 2 amide bonds. The van der Waals surface area contributed by atoms with Gasteiger partial charge in [-0.25, -0.2) is 4.98 Å². The molecule has 2 aliphatic rings. The molecule has 1 N–H and O–H groups in total. The number of carbonyl (C=O) groups is 2. The van der Waals surface area contributed by atoms with Gasteiger partial charge in [-0.3, -0.25) is 9.59 Å². The summed E-state index contributed by atoms with van der Waals surface area (Å²) in [6.07, 6.45) is 6.36. The van der Waals surface area contributed by atoms with Gasteiger partial charge in [-0.1, -0.05) is 41.9 Å². The lowest BCUT2D eigenvalue weighted by molar-refractivity contribution is -0.135. The summed E-state index contributed by atoms with van der Waals surface area (Å²) in [6.45, 7) is 2.74. The fourth-order valence-electron chi connectivity index (χ4n) is 4.88. The Bertz CT molecular complexity index is 1130. The van der Waals surface area contributed by atoms with Crippen molar-refractivity contribution in [3.63, 3.8) is 0 Å². The molecule has 0 bridgehead atoms. The van der Waals surface area contributed by atoms with Crippen LogP contribution in [0.5, 0.6) is 0 Å². The van der Waals surface area contributed by atoms with Gasteiger partial charge < -0.3 is 19.7 Å². The number of hydrogen-bond donors (Lipinski definition) is 1. The van der Waals surface area contributed by atoms with Crippen LogP contribution < -0.4 is 5.32 Å². The Balaban J connectivity index is 1.40. The smallest absolute Gasteiger partial charge is 0.256 e. The second-order valence-electron chi connectivity index (χ2n) is 8.06. The van der Waals surface area contributed by atoms with Crippen LogP contribution in [-0.4, -0.2) is 57.3 Å². The maximum atomic E-state index is 13.4. The zero-order valence-corrected chi connectivity index (χ0v) is 18.3. The first kappa shape index (κ1) is 20.7. The molecular formula is C24H24ClN5O2. The fourth-order valence-corrected chi connectivity index (χ4v) is 5.00. The van der Waals surface area contributed by atoms with Crippen LogP contribution in [0, 0.1) is 0 Å². The predicted octanol–water partition coefficient (Wildman–Crippen LogP) is 2.72. The number of rotatable bonds is 7.